The van der Waals surface area contributed by atoms with Gasteiger partial charge in [0.25, 0.3) is 0 Å². The summed E-state index contributed by atoms with van der Waals surface area (Å²) in [5.74, 6) is 0. The molecule has 1 aromatic carbocycles. The van der Waals surface area contributed by atoms with Crippen molar-refractivity contribution in [1.82, 2.24) is 9.78 Å². The molecule has 0 spiro atoms. The van der Waals surface area contributed by atoms with E-state index in [9.17, 15) is 13.2 Å². The average molecular weight is 410 g/mol. The third-order valence-electron chi connectivity index (χ3n) is 5.39. The van der Waals surface area contributed by atoms with Gasteiger partial charge in [-0.3, -0.25) is 0 Å². The lowest BCUT2D eigenvalue weighted by atomic mass is 9.79. The molecule has 1 aliphatic heterocycles. The Kier molecular flexibility index (Phi) is 4.88. The number of aromatic nitrogens is 2. The Morgan fingerprint density at radius 3 is 1.89 bits per heavy atom. The number of hydrogen-bond acceptors (Lipinski definition) is 3. The normalized spacial score (nSPS) is 19.3. The Hall–Kier alpha value is -1.58. The summed E-state index contributed by atoms with van der Waals surface area (Å²) < 4.78 is 55.9. The third kappa shape index (κ3) is 3.55. The van der Waals surface area contributed by atoms with Crippen LogP contribution >= 0.6 is 0 Å². The van der Waals surface area contributed by atoms with Crippen LogP contribution in [0.5, 0.6) is 0 Å². The molecule has 0 saturated carbocycles. The molecule has 1 saturated heterocycles. The lowest BCUT2D eigenvalue weighted by molar-refractivity contribution is -0.142. The van der Waals surface area contributed by atoms with Crippen molar-refractivity contribution in [3.63, 3.8) is 0 Å². The number of alkyl halides is 3. The highest BCUT2D eigenvalue weighted by atomic mass is 28.3. The van der Waals surface area contributed by atoms with Gasteiger partial charge in [0.1, 0.15) is 13.8 Å². The molecule has 1 aliphatic rings. The topological polar surface area (TPSA) is 36.3 Å². The van der Waals surface area contributed by atoms with E-state index in [4.69, 9.17) is 9.31 Å². The smallest absolute Gasteiger partial charge is 0.399 e. The van der Waals surface area contributed by atoms with Crippen molar-refractivity contribution in [3.8, 4) is 5.69 Å². The first-order valence-corrected chi connectivity index (χ1v) is 12.8. The van der Waals surface area contributed by atoms with Gasteiger partial charge in [-0.2, -0.15) is 18.3 Å². The maximum Gasteiger partial charge on any atom is 0.498 e. The minimum atomic E-state index is -4.61. The van der Waals surface area contributed by atoms with Crippen LogP contribution in [0.25, 0.3) is 5.69 Å². The lowest BCUT2D eigenvalue weighted by Crippen LogP contribution is -2.55. The zero-order valence-electron chi connectivity index (χ0n) is 17.3. The van der Waals surface area contributed by atoms with E-state index in [-0.39, 0.29) is 5.46 Å². The second-order valence-corrected chi connectivity index (χ2v) is 14.2. The summed E-state index contributed by atoms with van der Waals surface area (Å²) in [5.41, 5.74) is -1.95. The van der Waals surface area contributed by atoms with Gasteiger partial charge in [-0.25, -0.2) is 4.68 Å². The Balaban J connectivity index is 2.31. The first-order chi connectivity index (χ1) is 12.7. The fourth-order valence-electron chi connectivity index (χ4n) is 3.20. The van der Waals surface area contributed by atoms with Crippen LogP contribution < -0.4 is 10.8 Å². The van der Waals surface area contributed by atoms with E-state index in [2.05, 4.69) is 5.10 Å². The number of hydrogen-bond donors (Lipinski definition) is 0. The molecule has 2 aromatic rings. The number of nitrogens with zero attached hydrogens (tertiary/aromatic N) is 2. The molecule has 1 fully saturated rings. The van der Waals surface area contributed by atoms with Crippen molar-refractivity contribution in [2.75, 3.05) is 0 Å². The molecular formula is C19H26BF3N2O2Si. The monoisotopic (exact) mass is 410 g/mol. The molecule has 9 heteroatoms. The molecule has 0 radical (unpaired) electrons. The SMILES string of the molecule is CC1(C)OB(c2c([Si](C)(C)C)nn(-c3ccccc3)c2C(F)(F)F)OC1(C)C. The highest BCUT2D eigenvalue weighted by Crippen LogP contribution is 2.38. The quantitative estimate of drug-likeness (QED) is 0.724. The fourth-order valence-corrected chi connectivity index (χ4v) is 4.64. The first kappa shape index (κ1) is 21.1. The molecule has 2 heterocycles. The highest BCUT2D eigenvalue weighted by Gasteiger charge is 2.56. The van der Waals surface area contributed by atoms with Gasteiger partial charge in [0.15, 0.2) is 0 Å². The van der Waals surface area contributed by atoms with Gasteiger partial charge in [0.2, 0.25) is 0 Å². The van der Waals surface area contributed by atoms with E-state index in [1.807, 2.05) is 47.3 Å². The van der Waals surface area contributed by atoms with E-state index in [1.165, 1.54) is 0 Å². The van der Waals surface area contributed by atoms with E-state index in [0.717, 1.165) is 4.68 Å². The standard InChI is InChI=1S/C19H26BF3N2O2Si/c1-17(2)18(3,4)27-20(26-17)14-15(19(21,22)23)25(13-11-9-8-10-12-13)24-16(14)28(5,6)7/h8-12H,1-7H3. The van der Waals surface area contributed by atoms with Crippen molar-refractivity contribution in [1.29, 1.82) is 0 Å². The zero-order chi connectivity index (χ0) is 21.1. The molecule has 28 heavy (non-hydrogen) atoms. The van der Waals surface area contributed by atoms with E-state index in [1.54, 1.807) is 30.3 Å². The van der Waals surface area contributed by atoms with Crippen LogP contribution in [0, 0.1) is 0 Å². The van der Waals surface area contributed by atoms with Crippen molar-refractivity contribution in [2.24, 2.45) is 0 Å². The van der Waals surface area contributed by atoms with Crippen molar-refractivity contribution >= 4 is 26.0 Å². The van der Waals surface area contributed by atoms with Crippen LogP contribution in [0.15, 0.2) is 30.3 Å². The summed E-state index contributed by atoms with van der Waals surface area (Å²) >= 11 is 0. The van der Waals surface area contributed by atoms with Crippen LogP contribution in [-0.2, 0) is 15.5 Å². The fraction of sp³-hybridized carbons (Fsp3) is 0.526. The van der Waals surface area contributed by atoms with Crippen molar-refractivity contribution in [3.05, 3.63) is 36.0 Å². The van der Waals surface area contributed by atoms with Crippen molar-refractivity contribution in [2.45, 2.75) is 64.7 Å². The van der Waals surface area contributed by atoms with Gasteiger partial charge in [0.05, 0.1) is 16.9 Å². The summed E-state index contributed by atoms with van der Waals surface area (Å²) in [4.78, 5) is 0. The van der Waals surface area contributed by atoms with Gasteiger partial charge < -0.3 is 9.31 Å². The molecule has 0 bridgehead atoms. The minimum Gasteiger partial charge on any atom is -0.399 e. The molecule has 0 unspecified atom stereocenters. The molecule has 0 amide bonds. The Labute approximate surface area is 165 Å². The average Bonchev–Trinajstić information content (AvgIpc) is 3.03. The second kappa shape index (κ2) is 6.47. The van der Waals surface area contributed by atoms with Gasteiger partial charge >= 0.3 is 13.3 Å². The third-order valence-corrected chi connectivity index (χ3v) is 7.18. The van der Waals surface area contributed by atoms with Crippen LogP contribution in [0.2, 0.25) is 19.6 Å². The number of halogens is 3. The van der Waals surface area contributed by atoms with E-state index in [0.29, 0.717) is 11.0 Å². The van der Waals surface area contributed by atoms with Gasteiger partial charge in [-0.05, 0) is 39.8 Å². The molecule has 0 N–H and O–H groups in total. The van der Waals surface area contributed by atoms with Crippen LogP contribution in [0.3, 0.4) is 0 Å². The van der Waals surface area contributed by atoms with E-state index >= 15 is 0 Å². The minimum absolute atomic E-state index is 0.00849. The highest BCUT2D eigenvalue weighted by molar-refractivity contribution is 6.92. The first-order valence-electron chi connectivity index (χ1n) is 9.27. The second-order valence-electron chi connectivity index (χ2n) is 9.19. The van der Waals surface area contributed by atoms with Gasteiger partial charge in [-0.15, -0.1) is 0 Å². The maximum atomic E-state index is 14.3. The summed E-state index contributed by atoms with van der Waals surface area (Å²) in [6, 6.07) is 8.38. The van der Waals surface area contributed by atoms with E-state index < -0.39 is 38.3 Å². The Morgan fingerprint density at radius 2 is 1.46 bits per heavy atom. The summed E-state index contributed by atoms with van der Waals surface area (Å²) in [6.45, 7) is 13.2. The summed E-state index contributed by atoms with van der Waals surface area (Å²) in [7, 11) is -3.38. The predicted molar refractivity (Wildman–Crippen MR) is 107 cm³/mol. The molecular weight excluding hydrogens is 384 g/mol. The molecule has 3 rings (SSSR count). The summed E-state index contributed by atoms with van der Waals surface area (Å²) in [5, 5.41) is 4.90. The number of rotatable bonds is 3. The maximum absolute atomic E-state index is 14.3. The van der Waals surface area contributed by atoms with Crippen LogP contribution in [0.4, 0.5) is 13.2 Å². The van der Waals surface area contributed by atoms with Crippen molar-refractivity contribution < 1.29 is 22.5 Å². The predicted octanol–water partition coefficient (Wildman–Crippen LogP) is 3.74. The number of benzene rings is 1. The van der Waals surface area contributed by atoms with Crippen LogP contribution in [-0.4, -0.2) is 36.2 Å². The summed E-state index contributed by atoms with van der Waals surface area (Å²) in [6.07, 6.45) is -4.61. The molecule has 4 nitrogen and oxygen atoms in total. The Morgan fingerprint density at radius 1 is 0.964 bits per heavy atom. The Bertz CT molecular complexity index is 858. The molecule has 1 aromatic heterocycles. The van der Waals surface area contributed by atoms with Crippen LogP contribution in [0.1, 0.15) is 33.4 Å². The zero-order valence-corrected chi connectivity index (χ0v) is 18.3. The lowest BCUT2D eigenvalue weighted by Gasteiger charge is -2.32. The largest absolute Gasteiger partial charge is 0.498 e. The molecule has 0 atom stereocenters. The van der Waals surface area contributed by atoms with Gasteiger partial charge in [0, 0.05) is 10.8 Å². The number of para-hydroxylation sites is 1. The van der Waals surface area contributed by atoms with Gasteiger partial charge in [-0.1, -0.05) is 37.8 Å². The molecule has 0 aliphatic carbocycles. The molecule has 152 valence electrons.